The van der Waals surface area contributed by atoms with Crippen molar-refractivity contribution in [1.82, 2.24) is 25.5 Å². The van der Waals surface area contributed by atoms with Crippen LogP contribution in [0.4, 0.5) is 43.3 Å². The van der Waals surface area contributed by atoms with E-state index in [2.05, 4.69) is 53.4 Å². The molecule has 3 aliphatic rings. The Balaban J connectivity index is 0.756. The maximum atomic E-state index is 15.3. The number of para-hydroxylation sites is 1. The molecule has 3 heterocycles. The number of hydrogen-bond donors (Lipinski definition) is 5. The summed E-state index contributed by atoms with van der Waals surface area (Å²) in [5.74, 6) is -2.05. The number of amides is 4. The van der Waals surface area contributed by atoms with E-state index in [1.165, 1.54) is 6.07 Å². The van der Waals surface area contributed by atoms with Crippen LogP contribution in [0.2, 0.25) is 5.02 Å². The van der Waals surface area contributed by atoms with E-state index in [1.807, 2.05) is 6.07 Å². The Morgan fingerprint density at radius 2 is 1.48 bits per heavy atom. The third kappa shape index (κ3) is 10.8. The van der Waals surface area contributed by atoms with Gasteiger partial charge < -0.3 is 31.1 Å². The smallest absolute Gasteiger partial charge is 0.255 e. The molecule has 0 bridgehead atoms. The molecular formula is C48H50ClF2N9O4. The molecule has 5 aromatic rings. The number of nitrogens with zero attached hydrogens (tertiary/aromatic N) is 4. The lowest BCUT2D eigenvalue weighted by Gasteiger charge is -2.39. The molecule has 5 N–H and O–H groups in total. The van der Waals surface area contributed by atoms with E-state index in [4.69, 9.17) is 11.6 Å². The summed E-state index contributed by atoms with van der Waals surface area (Å²) in [6.45, 7) is 2.49. The van der Waals surface area contributed by atoms with Crippen molar-refractivity contribution >= 4 is 69.7 Å². The van der Waals surface area contributed by atoms with Gasteiger partial charge in [-0.25, -0.2) is 13.8 Å². The number of hydrogen-bond acceptors (Lipinski definition) is 10. The standard InChI is InChI=1S/C48H50ClF2N9O4/c1-59(28-29-22-24-60(25-23-29)42-20-10-32(26-39(42)50)37-19-21-43(61)57-47(37)64)36-17-15-34(16-18-36)54-45(62)30-8-13-35(14-9-30)55-48-52-27-40(51)44(58-48)53-33-11-6-31(7-12-33)46(63)56-41-5-3-2-4-38(41)49/h2-14,20,26-27,29,34,36-37H,15-19,21-25,28H2,1H3,(H,54,62)(H,56,63)(H,57,61,64)(H2,52,53,55,58). The average molecular weight is 890 g/mol. The van der Waals surface area contributed by atoms with Gasteiger partial charge in [0, 0.05) is 60.6 Å². The van der Waals surface area contributed by atoms with Gasteiger partial charge in [-0.05, 0) is 136 Å². The Hall–Kier alpha value is -6.45. The van der Waals surface area contributed by atoms with Crippen LogP contribution in [0.15, 0.2) is 97.2 Å². The molecule has 1 unspecified atom stereocenters. The van der Waals surface area contributed by atoms with Gasteiger partial charge in [-0.3, -0.25) is 24.5 Å². The van der Waals surface area contributed by atoms with E-state index >= 15 is 4.39 Å². The van der Waals surface area contributed by atoms with E-state index in [0.717, 1.165) is 64.4 Å². The molecule has 2 aliphatic heterocycles. The Bertz CT molecular complexity index is 2490. The second-order valence-electron chi connectivity index (χ2n) is 16.8. The number of carbonyl (C=O) groups excluding carboxylic acids is 4. The fraction of sp³-hybridized carbons (Fsp3) is 0.333. The molecule has 1 atom stereocenters. The van der Waals surface area contributed by atoms with E-state index in [1.54, 1.807) is 78.9 Å². The van der Waals surface area contributed by atoms with Gasteiger partial charge in [0.15, 0.2) is 11.6 Å². The first-order valence-corrected chi connectivity index (χ1v) is 22.1. The summed E-state index contributed by atoms with van der Waals surface area (Å²) in [6, 6.07) is 25.9. The Morgan fingerprint density at radius 1 is 0.812 bits per heavy atom. The summed E-state index contributed by atoms with van der Waals surface area (Å²) in [6.07, 6.45) is 7.35. The second kappa shape index (κ2) is 19.9. The SMILES string of the molecule is CN(CC1CCN(c2ccc(C3CCC(=O)NC3=O)cc2F)CC1)C1CCC(NC(=O)c2ccc(Nc3ncc(F)c(Nc4ccc(C(=O)Nc5ccccc5Cl)cc4)n3)cc2)CC1. The van der Waals surface area contributed by atoms with Crippen LogP contribution in [0.1, 0.15) is 83.6 Å². The molecule has 16 heteroatoms. The molecule has 8 rings (SSSR count). The van der Waals surface area contributed by atoms with Crippen molar-refractivity contribution < 1.29 is 28.0 Å². The van der Waals surface area contributed by atoms with Crippen molar-refractivity contribution in [3.8, 4) is 0 Å². The number of carbonyl (C=O) groups is 4. The van der Waals surface area contributed by atoms with Gasteiger partial charge in [0.25, 0.3) is 11.8 Å². The van der Waals surface area contributed by atoms with Gasteiger partial charge in [0.05, 0.1) is 28.5 Å². The van der Waals surface area contributed by atoms with Crippen molar-refractivity contribution in [3.63, 3.8) is 0 Å². The average Bonchev–Trinajstić information content (AvgIpc) is 3.29. The number of anilines is 6. The first-order chi connectivity index (χ1) is 30.9. The molecule has 3 fully saturated rings. The summed E-state index contributed by atoms with van der Waals surface area (Å²) in [5, 5.41) is 14.7. The molecule has 1 aromatic heterocycles. The van der Waals surface area contributed by atoms with Crippen molar-refractivity contribution in [2.75, 3.05) is 47.5 Å². The summed E-state index contributed by atoms with van der Waals surface area (Å²) >= 11 is 6.15. The zero-order chi connectivity index (χ0) is 44.7. The highest BCUT2D eigenvalue weighted by Gasteiger charge is 2.31. The van der Waals surface area contributed by atoms with E-state index in [0.29, 0.717) is 62.8 Å². The molecule has 0 radical (unpaired) electrons. The second-order valence-corrected chi connectivity index (χ2v) is 17.2. The van der Waals surface area contributed by atoms with Crippen molar-refractivity contribution in [3.05, 3.63) is 131 Å². The minimum absolute atomic E-state index is 0.0598. The third-order valence-corrected chi connectivity index (χ3v) is 12.8. The lowest BCUT2D eigenvalue weighted by atomic mass is 9.88. The van der Waals surface area contributed by atoms with Crippen LogP contribution in [0.5, 0.6) is 0 Å². The minimum atomic E-state index is -0.663. The number of halogens is 3. The predicted molar refractivity (Wildman–Crippen MR) is 243 cm³/mol. The molecule has 4 aromatic carbocycles. The molecule has 4 amide bonds. The van der Waals surface area contributed by atoms with Crippen LogP contribution in [0, 0.1) is 17.6 Å². The van der Waals surface area contributed by atoms with E-state index in [-0.39, 0.29) is 53.7 Å². The summed E-state index contributed by atoms with van der Waals surface area (Å²) in [7, 11) is 2.18. The van der Waals surface area contributed by atoms with Gasteiger partial charge in [0.2, 0.25) is 17.8 Å². The zero-order valence-electron chi connectivity index (χ0n) is 35.4. The quantitative estimate of drug-likeness (QED) is 0.0725. The molecule has 13 nitrogen and oxygen atoms in total. The number of imide groups is 1. The molecule has 0 spiro atoms. The number of aromatic nitrogens is 2. The number of piperidine rings is 2. The van der Waals surface area contributed by atoms with Crippen LogP contribution in [-0.2, 0) is 9.59 Å². The molecule has 1 aliphatic carbocycles. The highest BCUT2D eigenvalue weighted by molar-refractivity contribution is 6.33. The number of nitrogens with one attached hydrogen (secondary N) is 5. The number of rotatable bonds is 13. The minimum Gasteiger partial charge on any atom is -0.369 e. The van der Waals surface area contributed by atoms with Crippen molar-refractivity contribution in [2.45, 2.75) is 69.4 Å². The molecule has 64 heavy (non-hydrogen) atoms. The van der Waals surface area contributed by atoms with E-state index < -0.39 is 11.7 Å². The van der Waals surface area contributed by atoms with Crippen LogP contribution < -0.4 is 31.5 Å². The van der Waals surface area contributed by atoms with Crippen LogP contribution in [-0.4, -0.2) is 77.3 Å². The first-order valence-electron chi connectivity index (χ1n) is 21.7. The molecular weight excluding hydrogens is 840 g/mol. The fourth-order valence-corrected chi connectivity index (χ4v) is 8.98. The largest absolute Gasteiger partial charge is 0.369 e. The monoisotopic (exact) mass is 889 g/mol. The predicted octanol–water partition coefficient (Wildman–Crippen LogP) is 8.56. The highest BCUT2D eigenvalue weighted by atomic mass is 35.5. The van der Waals surface area contributed by atoms with Crippen molar-refractivity contribution in [2.24, 2.45) is 5.92 Å². The molecule has 332 valence electrons. The maximum absolute atomic E-state index is 15.3. The molecule has 2 saturated heterocycles. The summed E-state index contributed by atoms with van der Waals surface area (Å²) in [5.41, 5.74) is 3.69. The van der Waals surface area contributed by atoms with Gasteiger partial charge in [-0.15, -0.1) is 0 Å². The Morgan fingerprint density at radius 3 is 2.16 bits per heavy atom. The van der Waals surface area contributed by atoms with Crippen LogP contribution in [0.25, 0.3) is 0 Å². The van der Waals surface area contributed by atoms with Gasteiger partial charge >= 0.3 is 0 Å². The Labute approximate surface area is 375 Å². The fourth-order valence-electron chi connectivity index (χ4n) is 8.80. The maximum Gasteiger partial charge on any atom is 0.255 e. The zero-order valence-corrected chi connectivity index (χ0v) is 36.1. The lowest BCUT2D eigenvalue weighted by molar-refractivity contribution is -0.134. The van der Waals surface area contributed by atoms with E-state index in [9.17, 15) is 23.6 Å². The highest BCUT2D eigenvalue weighted by Crippen LogP contribution is 2.32. The van der Waals surface area contributed by atoms with Gasteiger partial charge in [-0.2, -0.15) is 4.98 Å². The van der Waals surface area contributed by atoms with Crippen LogP contribution in [0.3, 0.4) is 0 Å². The lowest BCUT2D eigenvalue weighted by Crippen LogP contribution is -2.45. The third-order valence-electron chi connectivity index (χ3n) is 12.4. The first kappa shape index (κ1) is 44.2. The summed E-state index contributed by atoms with van der Waals surface area (Å²) < 4.78 is 30.0. The Kier molecular flexibility index (Phi) is 13.8. The normalized spacial score (nSPS) is 19.2. The molecule has 1 saturated carbocycles. The van der Waals surface area contributed by atoms with Gasteiger partial charge in [0.1, 0.15) is 5.82 Å². The summed E-state index contributed by atoms with van der Waals surface area (Å²) in [4.78, 5) is 62.7. The number of benzene rings is 4. The topological polar surface area (TPSA) is 161 Å². The van der Waals surface area contributed by atoms with Crippen molar-refractivity contribution in [1.29, 1.82) is 0 Å². The van der Waals surface area contributed by atoms with Crippen LogP contribution >= 0.6 is 11.6 Å². The van der Waals surface area contributed by atoms with Gasteiger partial charge in [-0.1, -0.05) is 29.8 Å².